The van der Waals surface area contributed by atoms with Gasteiger partial charge in [-0.1, -0.05) is 29.3 Å². The van der Waals surface area contributed by atoms with Crippen molar-refractivity contribution in [3.05, 3.63) is 60.9 Å². The number of benzene rings is 1. The third-order valence-corrected chi connectivity index (χ3v) is 4.97. The summed E-state index contributed by atoms with van der Waals surface area (Å²) < 4.78 is 1.66. The van der Waals surface area contributed by atoms with E-state index in [0.717, 1.165) is 15.3 Å². The zero-order valence-corrected chi connectivity index (χ0v) is 13.8. The van der Waals surface area contributed by atoms with E-state index in [1.165, 1.54) is 11.3 Å². The standard InChI is InChI=1S/C15H12Cl2N2OS/c1-8-5-11-14(21-8)18-9(2)19(15(11)20)7-10-3-4-12(16)13(17)6-10/h3-6H,7H2,1-2H3. The van der Waals surface area contributed by atoms with E-state index in [9.17, 15) is 4.79 Å². The van der Waals surface area contributed by atoms with Crippen molar-refractivity contribution < 1.29 is 0 Å². The second-order valence-corrected chi connectivity index (χ2v) is 6.92. The summed E-state index contributed by atoms with van der Waals surface area (Å²) in [7, 11) is 0. The molecule has 0 aliphatic rings. The molecule has 1 aromatic carbocycles. The highest BCUT2D eigenvalue weighted by Crippen LogP contribution is 2.24. The lowest BCUT2D eigenvalue weighted by Gasteiger charge is -2.10. The Morgan fingerprint density at radius 3 is 2.67 bits per heavy atom. The van der Waals surface area contributed by atoms with Gasteiger partial charge in [0.05, 0.1) is 22.0 Å². The van der Waals surface area contributed by atoms with E-state index in [1.54, 1.807) is 16.7 Å². The molecule has 2 heterocycles. The largest absolute Gasteiger partial charge is 0.292 e. The van der Waals surface area contributed by atoms with Crippen molar-refractivity contribution in [2.75, 3.05) is 0 Å². The highest BCUT2D eigenvalue weighted by Gasteiger charge is 2.11. The zero-order valence-electron chi connectivity index (χ0n) is 11.5. The fourth-order valence-electron chi connectivity index (χ4n) is 2.24. The topological polar surface area (TPSA) is 34.9 Å². The van der Waals surface area contributed by atoms with Crippen molar-refractivity contribution in [3.8, 4) is 0 Å². The molecule has 0 unspecified atom stereocenters. The summed E-state index contributed by atoms with van der Waals surface area (Å²) in [5.74, 6) is 0.695. The first-order valence-corrected chi connectivity index (χ1v) is 7.94. The van der Waals surface area contributed by atoms with E-state index in [2.05, 4.69) is 4.98 Å². The van der Waals surface area contributed by atoms with Crippen molar-refractivity contribution in [2.45, 2.75) is 20.4 Å². The van der Waals surface area contributed by atoms with Crippen LogP contribution in [0.4, 0.5) is 0 Å². The van der Waals surface area contributed by atoms with E-state index in [4.69, 9.17) is 23.2 Å². The molecule has 0 atom stereocenters. The normalized spacial score (nSPS) is 11.2. The highest BCUT2D eigenvalue weighted by atomic mass is 35.5. The summed E-state index contributed by atoms with van der Waals surface area (Å²) >= 11 is 13.5. The Hall–Kier alpha value is -1.36. The van der Waals surface area contributed by atoms with E-state index >= 15 is 0 Å². The molecule has 0 fully saturated rings. The molecule has 0 spiro atoms. The van der Waals surface area contributed by atoms with Crippen LogP contribution in [0, 0.1) is 13.8 Å². The number of hydrogen-bond donors (Lipinski definition) is 0. The van der Waals surface area contributed by atoms with Gasteiger partial charge in [-0.05, 0) is 37.6 Å². The monoisotopic (exact) mass is 338 g/mol. The lowest BCUT2D eigenvalue weighted by Crippen LogP contribution is -2.23. The number of halogens is 2. The van der Waals surface area contributed by atoms with Crippen molar-refractivity contribution in [1.29, 1.82) is 0 Å². The van der Waals surface area contributed by atoms with Gasteiger partial charge in [0.25, 0.3) is 5.56 Å². The van der Waals surface area contributed by atoms with Gasteiger partial charge in [-0.25, -0.2) is 4.98 Å². The average molecular weight is 339 g/mol. The van der Waals surface area contributed by atoms with Crippen LogP contribution in [0.3, 0.4) is 0 Å². The lowest BCUT2D eigenvalue weighted by molar-refractivity contribution is 0.714. The van der Waals surface area contributed by atoms with E-state index in [-0.39, 0.29) is 5.56 Å². The quantitative estimate of drug-likeness (QED) is 0.692. The van der Waals surface area contributed by atoms with Gasteiger partial charge in [-0.3, -0.25) is 9.36 Å². The summed E-state index contributed by atoms with van der Waals surface area (Å²) in [4.78, 5) is 19.0. The summed E-state index contributed by atoms with van der Waals surface area (Å²) in [5.41, 5.74) is 0.899. The Balaban J connectivity index is 2.11. The Morgan fingerprint density at radius 2 is 1.95 bits per heavy atom. The van der Waals surface area contributed by atoms with Crippen LogP contribution in [-0.2, 0) is 6.54 Å². The Kier molecular flexibility index (Phi) is 3.78. The van der Waals surface area contributed by atoms with Crippen molar-refractivity contribution in [1.82, 2.24) is 9.55 Å². The number of fused-ring (bicyclic) bond motifs is 1. The minimum absolute atomic E-state index is 0.0204. The molecule has 0 N–H and O–H groups in total. The van der Waals surface area contributed by atoms with Gasteiger partial charge in [0, 0.05) is 4.88 Å². The zero-order chi connectivity index (χ0) is 15.1. The fraction of sp³-hybridized carbons (Fsp3) is 0.200. The highest BCUT2D eigenvalue weighted by molar-refractivity contribution is 7.18. The van der Waals surface area contributed by atoms with Crippen LogP contribution >= 0.6 is 34.5 Å². The summed E-state index contributed by atoms with van der Waals surface area (Å²) in [5, 5.41) is 1.66. The van der Waals surface area contributed by atoms with Gasteiger partial charge < -0.3 is 0 Å². The molecule has 6 heteroatoms. The summed E-state index contributed by atoms with van der Waals surface area (Å²) in [6.07, 6.45) is 0. The second-order valence-electron chi connectivity index (χ2n) is 4.87. The molecule has 0 saturated carbocycles. The molecular formula is C15H12Cl2N2OS. The van der Waals surface area contributed by atoms with Crippen LogP contribution in [0.2, 0.25) is 10.0 Å². The molecule has 0 aliphatic carbocycles. The molecule has 0 radical (unpaired) electrons. The molecule has 108 valence electrons. The molecule has 0 amide bonds. The number of aromatic nitrogens is 2. The van der Waals surface area contributed by atoms with Crippen LogP contribution < -0.4 is 5.56 Å². The van der Waals surface area contributed by atoms with Gasteiger partial charge in [0.1, 0.15) is 10.7 Å². The number of hydrogen-bond acceptors (Lipinski definition) is 3. The third-order valence-electron chi connectivity index (χ3n) is 3.29. The third kappa shape index (κ3) is 2.71. The number of rotatable bonds is 2. The smallest absolute Gasteiger partial charge is 0.262 e. The Morgan fingerprint density at radius 1 is 1.19 bits per heavy atom. The molecular weight excluding hydrogens is 327 g/mol. The minimum atomic E-state index is -0.0204. The van der Waals surface area contributed by atoms with Gasteiger partial charge >= 0.3 is 0 Å². The molecule has 2 aromatic heterocycles. The molecule has 3 aromatic rings. The van der Waals surface area contributed by atoms with Crippen LogP contribution in [0.15, 0.2) is 29.1 Å². The Bertz CT molecular complexity index is 899. The fourth-order valence-corrected chi connectivity index (χ4v) is 3.48. The Labute approximate surface area is 135 Å². The molecule has 3 rings (SSSR count). The SMILES string of the molecule is Cc1cc2c(=O)n(Cc3ccc(Cl)c(Cl)c3)c(C)nc2s1. The lowest BCUT2D eigenvalue weighted by atomic mass is 10.2. The second kappa shape index (κ2) is 5.44. The number of aryl methyl sites for hydroxylation is 2. The maximum Gasteiger partial charge on any atom is 0.262 e. The molecule has 0 saturated heterocycles. The first-order valence-electron chi connectivity index (χ1n) is 6.37. The maximum absolute atomic E-state index is 12.6. The first-order chi connectivity index (χ1) is 9.95. The summed E-state index contributed by atoms with van der Waals surface area (Å²) in [6, 6.07) is 7.27. The molecule has 0 aliphatic heterocycles. The van der Waals surface area contributed by atoms with Crippen LogP contribution in [0.1, 0.15) is 16.3 Å². The minimum Gasteiger partial charge on any atom is -0.292 e. The van der Waals surface area contributed by atoms with Gasteiger partial charge in [-0.15, -0.1) is 11.3 Å². The predicted molar refractivity (Wildman–Crippen MR) is 88.9 cm³/mol. The molecule has 21 heavy (non-hydrogen) atoms. The average Bonchev–Trinajstić information content (AvgIpc) is 2.79. The molecule has 3 nitrogen and oxygen atoms in total. The summed E-state index contributed by atoms with van der Waals surface area (Å²) in [6.45, 7) is 4.25. The van der Waals surface area contributed by atoms with Crippen LogP contribution in [-0.4, -0.2) is 9.55 Å². The van der Waals surface area contributed by atoms with E-state index in [0.29, 0.717) is 27.8 Å². The predicted octanol–water partition coefficient (Wildman–Crippen LogP) is 4.43. The molecule has 0 bridgehead atoms. The van der Waals surface area contributed by atoms with E-state index < -0.39 is 0 Å². The van der Waals surface area contributed by atoms with Gasteiger partial charge in [0.2, 0.25) is 0 Å². The van der Waals surface area contributed by atoms with Crippen molar-refractivity contribution in [3.63, 3.8) is 0 Å². The van der Waals surface area contributed by atoms with E-state index in [1.807, 2.05) is 26.0 Å². The van der Waals surface area contributed by atoms with Gasteiger partial charge in [0.15, 0.2) is 0 Å². The number of nitrogens with zero attached hydrogens (tertiary/aromatic N) is 2. The number of thiophene rings is 1. The van der Waals surface area contributed by atoms with Crippen molar-refractivity contribution in [2.24, 2.45) is 0 Å². The van der Waals surface area contributed by atoms with Crippen LogP contribution in [0.25, 0.3) is 10.2 Å². The van der Waals surface area contributed by atoms with Gasteiger partial charge in [-0.2, -0.15) is 0 Å². The van der Waals surface area contributed by atoms with Crippen molar-refractivity contribution >= 4 is 44.8 Å². The first kappa shape index (κ1) is 14.6. The van der Waals surface area contributed by atoms with Crippen LogP contribution in [0.5, 0.6) is 0 Å². The maximum atomic E-state index is 12.6.